The van der Waals surface area contributed by atoms with E-state index in [2.05, 4.69) is 6.92 Å². The van der Waals surface area contributed by atoms with E-state index in [1.807, 2.05) is 14.1 Å². The largest absolute Gasteiger partial charge is 0.481 e. The van der Waals surface area contributed by atoms with Crippen molar-refractivity contribution in [1.29, 1.82) is 0 Å². The molecule has 0 rings (SSSR count). The van der Waals surface area contributed by atoms with E-state index in [-0.39, 0.29) is 12.0 Å². The molecule has 4 nitrogen and oxygen atoms in total. The number of carboxylic acids is 1. The van der Waals surface area contributed by atoms with Crippen LogP contribution in [0.3, 0.4) is 0 Å². The molecule has 0 bridgehead atoms. The molecule has 2 unspecified atom stereocenters. The second-order valence-corrected chi connectivity index (χ2v) is 6.04. The lowest BCUT2D eigenvalue weighted by molar-refractivity contribution is -0.895. The van der Waals surface area contributed by atoms with Crippen molar-refractivity contribution in [2.75, 3.05) is 27.2 Å². The number of hydrogen-bond acceptors (Lipinski definition) is 2. The van der Waals surface area contributed by atoms with Crippen LogP contribution in [0.4, 0.5) is 0 Å². The van der Waals surface area contributed by atoms with E-state index in [4.69, 9.17) is 5.11 Å². The van der Waals surface area contributed by atoms with Crippen LogP contribution in [0.1, 0.15) is 46.0 Å². The van der Waals surface area contributed by atoms with Gasteiger partial charge in [-0.2, -0.15) is 0 Å². The van der Waals surface area contributed by atoms with Gasteiger partial charge < -0.3 is 14.7 Å². The fraction of sp³-hybridized carbons (Fsp3) is 0.929. The van der Waals surface area contributed by atoms with Crippen molar-refractivity contribution in [1.82, 2.24) is 0 Å². The van der Waals surface area contributed by atoms with Crippen LogP contribution in [0.25, 0.3) is 0 Å². The summed E-state index contributed by atoms with van der Waals surface area (Å²) in [4.78, 5) is 10.8. The summed E-state index contributed by atoms with van der Waals surface area (Å²) in [5.74, 6) is -1.13. The minimum absolute atomic E-state index is 0.321. The smallest absolute Gasteiger partial charge is 0.311 e. The van der Waals surface area contributed by atoms with Crippen LogP contribution in [-0.4, -0.2) is 54.0 Å². The molecule has 0 aromatic heterocycles. The van der Waals surface area contributed by atoms with Crippen LogP contribution in [0, 0.1) is 5.92 Å². The predicted octanol–water partition coefficient (Wildman–Crippen LogP) is 2.11. The van der Waals surface area contributed by atoms with Gasteiger partial charge in [-0.3, -0.25) is 4.79 Å². The van der Waals surface area contributed by atoms with E-state index in [1.54, 1.807) is 6.92 Å². The van der Waals surface area contributed by atoms with E-state index in [0.717, 1.165) is 12.8 Å². The summed E-state index contributed by atoms with van der Waals surface area (Å²) in [6, 6.07) is 0. The first-order valence-electron chi connectivity index (χ1n) is 7.01. The summed E-state index contributed by atoms with van der Waals surface area (Å²) in [5.41, 5.74) is 0. The first kappa shape index (κ1) is 17.4. The zero-order valence-electron chi connectivity index (χ0n) is 12.4. The molecule has 0 heterocycles. The summed E-state index contributed by atoms with van der Waals surface area (Å²) >= 11 is 0. The Morgan fingerprint density at radius 1 is 1.17 bits per heavy atom. The van der Waals surface area contributed by atoms with Gasteiger partial charge in [0.05, 0.1) is 20.6 Å². The number of carboxylic acid groups (broad SMARTS) is 1. The number of carbonyl (C=O) groups is 1. The lowest BCUT2D eigenvalue weighted by Gasteiger charge is -2.33. The molecule has 0 aromatic rings. The second kappa shape index (κ2) is 8.48. The van der Waals surface area contributed by atoms with Gasteiger partial charge in [0.25, 0.3) is 0 Å². The van der Waals surface area contributed by atoms with Crippen molar-refractivity contribution in [3.8, 4) is 0 Å². The quantitative estimate of drug-likeness (QED) is 0.467. The Bertz CT molecular complexity index is 241. The van der Waals surface area contributed by atoms with Gasteiger partial charge in [0.2, 0.25) is 0 Å². The van der Waals surface area contributed by atoms with Gasteiger partial charge in [0, 0.05) is 0 Å². The van der Waals surface area contributed by atoms with Crippen LogP contribution < -0.4 is 0 Å². The van der Waals surface area contributed by atoms with E-state index < -0.39 is 5.97 Å². The summed E-state index contributed by atoms with van der Waals surface area (Å²) in [6.07, 6.45) is 5.16. The first-order chi connectivity index (χ1) is 8.28. The molecule has 108 valence electrons. The molecule has 0 spiro atoms. The van der Waals surface area contributed by atoms with Crippen LogP contribution >= 0.6 is 0 Å². The minimum Gasteiger partial charge on any atom is -0.481 e. The van der Waals surface area contributed by atoms with Gasteiger partial charge in [0.1, 0.15) is 18.6 Å². The Hall–Kier alpha value is -0.610. The fourth-order valence-electron chi connectivity index (χ4n) is 2.36. The van der Waals surface area contributed by atoms with Gasteiger partial charge in [-0.1, -0.05) is 32.6 Å². The molecule has 2 N–H and O–H groups in total. The number of hydrogen-bond donors (Lipinski definition) is 2. The molecule has 0 saturated carbocycles. The average Bonchev–Trinajstić information content (AvgIpc) is 2.22. The SMILES string of the molecule is CCCCCCC(O)C[N+](C)(C)CC(C)C(=O)O. The van der Waals surface area contributed by atoms with Crippen LogP contribution in [-0.2, 0) is 4.79 Å². The van der Waals surface area contributed by atoms with Gasteiger partial charge >= 0.3 is 5.97 Å². The van der Waals surface area contributed by atoms with Crippen molar-refractivity contribution in [2.24, 2.45) is 5.92 Å². The lowest BCUT2D eigenvalue weighted by atomic mass is 10.1. The van der Waals surface area contributed by atoms with Crippen molar-refractivity contribution >= 4 is 5.97 Å². The number of unbranched alkanes of at least 4 members (excludes halogenated alkanes) is 3. The van der Waals surface area contributed by atoms with Crippen molar-refractivity contribution in [2.45, 2.75) is 52.1 Å². The molecule has 0 fully saturated rings. The monoisotopic (exact) mass is 260 g/mol. The molecule has 0 aliphatic rings. The number of nitrogens with zero attached hydrogens (tertiary/aromatic N) is 1. The van der Waals surface area contributed by atoms with Gasteiger partial charge in [-0.25, -0.2) is 0 Å². The molecule has 0 amide bonds. The molecule has 0 radical (unpaired) electrons. The maximum Gasteiger partial charge on any atom is 0.311 e. The fourth-order valence-corrected chi connectivity index (χ4v) is 2.36. The lowest BCUT2D eigenvalue weighted by Crippen LogP contribution is -2.49. The molecular formula is C14H30NO3+. The van der Waals surface area contributed by atoms with Gasteiger partial charge in [-0.15, -0.1) is 0 Å². The van der Waals surface area contributed by atoms with E-state index in [9.17, 15) is 9.90 Å². The Morgan fingerprint density at radius 3 is 2.28 bits per heavy atom. The summed E-state index contributed by atoms with van der Waals surface area (Å²) < 4.78 is 0.558. The molecule has 2 atom stereocenters. The van der Waals surface area contributed by atoms with Crippen molar-refractivity contribution in [3.63, 3.8) is 0 Å². The highest BCUT2D eigenvalue weighted by Crippen LogP contribution is 2.11. The molecule has 0 aromatic carbocycles. The third kappa shape index (κ3) is 8.48. The van der Waals surface area contributed by atoms with Crippen molar-refractivity contribution in [3.05, 3.63) is 0 Å². The van der Waals surface area contributed by atoms with Gasteiger partial charge in [-0.05, 0) is 13.3 Å². The highest BCUT2D eigenvalue weighted by Gasteiger charge is 2.26. The summed E-state index contributed by atoms with van der Waals surface area (Å²) in [6.45, 7) is 5.07. The van der Waals surface area contributed by atoms with Crippen molar-refractivity contribution < 1.29 is 19.5 Å². The predicted molar refractivity (Wildman–Crippen MR) is 73.4 cm³/mol. The number of aliphatic hydroxyl groups excluding tert-OH is 1. The van der Waals surface area contributed by atoms with Crippen LogP contribution in [0.5, 0.6) is 0 Å². The number of rotatable bonds is 10. The standard InChI is InChI=1S/C14H29NO3/c1-5-6-7-8-9-13(16)11-15(3,4)10-12(2)14(17)18/h12-13,16H,5-11H2,1-4H3/p+1. The number of aliphatic carboxylic acids is 1. The second-order valence-electron chi connectivity index (χ2n) is 6.04. The van der Waals surface area contributed by atoms with Crippen LogP contribution in [0.15, 0.2) is 0 Å². The molecule has 0 aliphatic carbocycles. The first-order valence-corrected chi connectivity index (χ1v) is 7.01. The minimum atomic E-state index is -0.765. The zero-order valence-corrected chi connectivity index (χ0v) is 12.4. The topological polar surface area (TPSA) is 57.5 Å². The number of quaternary nitrogens is 1. The highest BCUT2D eigenvalue weighted by molar-refractivity contribution is 5.69. The molecule has 18 heavy (non-hydrogen) atoms. The Morgan fingerprint density at radius 2 is 1.78 bits per heavy atom. The third-order valence-electron chi connectivity index (χ3n) is 3.29. The third-order valence-corrected chi connectivity index (χ3v) is 3.29. The van der Waals surface area contributed by atoms with Crippen LogP contribution in [0.2, 0.25) is 0 Å². The zero-order chi connectivity index (χ0) is 14.2. The number of aliphatic hydroxyl groups is 1. The number of likely N-dealkylation sites (N-methyl/N-ethyl adjacent to an activating group) is 1. The summed E-state index contributed by atoms with van der Waals surface area (Å²) in [7, 11) is 3.96. The van der Waals surface area contributed by atoms with E-state index in [0.29, 0.717) is 17.6 Å². The normalized spacial score (nSPS) is 15.4. The Balaban J connectivity index is 3.95. The molecular weight excluding hydrogens is 230 g/mol. The molecule has 4 heteroatoms. The average molecular weight is 260 g/mol. The molecule has 0 saturated heterocycles. The molecule has 0 aliphatic heterocycles. The van der Waals surface area contributed by atoms with E-state index >= 15 is 0 Å². The maximum atomic E-state index is 10.8. The maximum absolute atomic E-state index is 10.8. The van der Waals surface area contributed by atoms with E-state index in [1.165, 1.54) is 19.3 Å². The Kier molecular flexibility index (Phi) is 8.20. The highest BCUT2D eigenvalue weighted by atomic mass is 16.4. The Labute approximate surface area is 111 Å². The van der Waals surface area contributed by atoms with Gasteiger partial charge in [0.15, 0.2) is 0 Å². The summed E-state index contributed by atoms with van der Waals surface area (Å²) in [5, 5.41) is 18.9.